The summed E-state index contributed by atoms with van der Waals surface area (Å²) in [5, 5.41) is 8.65. The van der Waals surface area contributed by atoms with E-state index in [1.807, 2.05) is 31.2 Å². The predicted molar refractivity (Wildman–Crippen MR) is 61.6 cm³/mol. The third-order valence-corrected chi connectivity index (χ3v) is 2.23. The van der Waals surface area contributed by atoms with Gasteiger partial charge in [-0.3, -0.25) is 0 Å². The van der Waals surface area contributed by atoms with E-state index in [2.05, 4.69) is 16.0 Å². The maximum atomic E-state index is 8.65. The number of rotatable bonds is 3. The molecule has 0 fully saturated rings. The first-order chi connectivity index (χ1) is 7.29. The monoisotopic (exact) mass is 202 g/mol. The third kappa shape index (κ3) is 2.25. The minimum absolute atomic E-state index is 0.196. The number of H-pyrrole nitrogens is 1. The first-order valence-corrected chi connectivity index (χ1v) is 5.03. The van der Waals surface area contributed by atoms with E-state index in [9.17, 15) is 0 Å². The molecule has 15 heavy (non-hydrogen) atoms. The van der Waals surface area contributed by atoms with E-state index in [0.29, 0.717) is 6.42 Å². The molecular weight excluding hydrogens is 188 g/mol. The predicted octanol–water partition coefficient (Wildman–Crippen LogP) is 2.27. The van der Waals surface area contributed by atoms with E-state index in [0.717, 1.165) is 22.4 Å². The maximum absolute atomic E-state index is 8.65. The second-order valence-corrected chi connectivity index (χ2v) is 3.51. The summed E-state index contributed by atoms with van der Waals surface area (Å²) in [5.41, 5.74) is 3.17. The van der Waals surface area contributed by atoms with E-state index < -0.39 is 0 Å². The standard InChI is InChI=1S/C12H14N2O/c1-9-13-11-6-5-10(4-2-3-7-15)8-12(11)14-9/h2,4-6,8,15H,3,7H2,1H3,(H,13,14). The van der Waals surface area contributed by atoms with Gasteiger partial charge in [-0.25, -0.2) is 4.98 Å². The van der Waals surface area contributed by atoms with Gasteiger partial charge < -0.3 is 10.1 Å². The van der Waals surface area contributed by atoms with Gasteiger partial charge >= 0.3 is 0 Å². The van der Waals surface area contributed by atoms with Crippen LogP contribution in [0.2, 0.25) is 0 Å². The normalized spacial score (nSPS) is 11.6. The number of hydrogen-bond acceptors (Lipinski definition) is 2. The number of benzene rings is 1. The van der Waals surface area contributed by atoms with Gasteiger partial charge in [0.05, 0.1) is 11.0 Å². The fourth-order valence-corrected chi connectivity index (χ4v) is 1.55. The lowest BCUT2D eigenvalue weighted by Crippen LogP contribution is -1.77. The molecule has 0 atom stereocenters. The number of aliphatic hydroxyl groups excluding tert-OH is 1. The summed E-state index contributed by atoms with van der Waals surface area (Å²) < 4.78 is 0. The highest BCUT2D eigenvalue weighted by Gasteiger charge is 1.98. The Morgan fingerprint density at radius 2 is 2.33 bits per heavy atom. The first-order valence-electron chi connectivity index (χ1n) is 5.03. The summed E-state index contributed by atoms with van der Waals surface area (Å²) in [6.07, 6.45) is 4.66. The van der Waals surface area contributed by atoms with Gasteiger partial charge in [0.25, 0.3) is 0 Å². The molecule has 0 bridgehead atoms. The molecule has 0 saturated heterocycles. The van der Waals surface area contributed by atoms with Gasteiger partial charge in [-0.1, -0.05) is 18.2 Å². The molecule has 1 heterocycles. The molecule has 2 rings (SSSR count). The van der Waals surface area contributed by atoms with Crippen LogP contribution in [0, 0.1) is 6.92 Å². The lowest BCUT2D eigenvalue weighted by Gasteiger charge is -1.93. The Bertz CT molecular complexity index is 485. The van der Waals surface area contributed by atoms with Crippen LogP contribution >= 0.6 is 0 Å². The minimum atomic E-state index is 0.196. The second-order valence-electron chi connectivity index (χ2n) is 3.51. The fraction of sp³-hybridized carbons (Fsp3) is 0.250. The number of aryl methyl sites for hydroxylation is 1. The van der Waals surface area contributed by atoms with Crippen molar-refractivity contribution < 1.29 is 5.11 Å². The fourth-order valence-electron chi connectivity index (χ4n) is 1.55. The van der Waals surface area contributed by atoms with Crippen molar-refractivity contribution in [1.29, 1.82) is 0 Å². The zero-order valence-corrected chi connectivity index (χ0v) is 8.70. The molecule has 3 nitrogen and oxygen atoms in total. The van der Waals surface area contributed by atoms with Gasteiger partial charge in [-0.05, 0) is 31.0 Å². The molecule has 0 aliphatic heterocycles. The Balaban J connectivity index is 2.30. The molecule has 2 aromatic rings. The van der Waals surface area contributed by atoms with Crippen molar-refractivity contribution in [1.82, 2.24) is 9.97 Å². The lowest BCUT2D eigenvalue weighted by atomic mass is 10.2. The summed E-state index contributed by atoms with van der Waals surface area (Å²) in [6.45, 7) is 2.14. The van der Waals surface area contributed by atoms with Crippen molar-refractivity contribution in [3.8, 4) is 0 Å². The molecule has 0 saturated carbocycles. The Morgan fingerprint density at radius 3 is 3.13 bits per heavy atom. The number of hydrogen-bond donors (Lipinski definition) is 2. The smallest absolute Gasteiger partial charge is 0.104 e. The van der Waals surface area contributed by atoms with E-state index >= 15 is 0 Å². The molecule has 0 radical (unpaired) electrons. The van der Waals surface area contributed by atoms with E-state index in [1.165, 1.54) is 0 Å². The van der Waals surface area contributed by atoms with Crippen LogP contribution < -0.4 is 0 Å². The van der Waals surface area contributed by atoms with Crippen LogP contribution in [-0.2, 0) is 0 Å². The van der Waals surface area contributed by atoms with E-state index in [1.54, 1.807) is 0 Å². The van der Waals surface area contributed by atoms with Crippen LogP contribution in [0.4, 0.5) is 0 Å². The highest BCUT2D eigenvalue weighted by atomic mass is 16.2. The van der Waals surface area contributed by atoms with Gasteiger partial charge in [0.1, 0.15) is 5.82 Å². The number of aromatic amines is 1. The van der Waals surface area contributed by atoms with Gasteiger partial charge in [0.2, 0.25) is 0 Å². The van der Waals surface area contributed by atoms with Crippen molar-refractivity contribution in [3.63, 3.8) is 0 Å². The Kier molecular flexibility index (Phi) is 2.83. The summed E-state index contributed by atoms with van der Waals surface area (Å²) in [7, 11) is 0. The molecule has 78 valence electrons. The highest BCUT2D eigenvalue weighted by molar-refractivity contribution is 5.78. The maximum Gasteiger partial charge on any atom is 0.104 e. The number of imidazole rings is 1. The van der Waals surface area contributed by atoms with Crippen LogP contribution in [0.1, 0.15) is 17.8 Å². The van der Waals surface area contributed by atoms with Crippen molar-refractivity contribution in [2.24, 2.45) is 0 Å². The van der Waals surface area contributed by atoms with Gasteiger partial charge in [0.15, 0.2) is 0 Å². The largest absolute Gasteiger partial charge is 0.396 e. The molecule has 0 amide bonds. The summed E-state index contributed by atoms with van der Waals surface area (Å²) in [5.74, 6) is 0.932. The average Bonchev–Trinajstić information content (AvgIpc) is 2.57. The summed E-state index contributed by atoms with van der Waals surface area (Å²) in [4.78, 5) is 7.53. The van der Waals surface area contributed by atoms with Crippen LogP contribution in [0.25, 0.3) is 17.1 Å². The number of aliphatic hydroxyl groups is 1. The van der Waals surface area contributed by atoms with Gasteiger partial charge in [-0.2, -0.15) is 0 Å². The van der Waals surface area contributed by atoms with E-state index in [-0.39, 0.29) is 6.61 Å². The number of nitrogens with zero attached hydrogens (tertiary/aromatic N) is 1. The van der Waals surface area contributed by atoms with E-state index in [4.69, 9.17) is 5.11 Å². The topological polar surface area (TPSA) is 48.9 Å². The van der Waals surface area contributed by atoms with Crippen LogP contribution in [0.15, 0.2) is 24.3 Å². The zero-order chi connectivity index (χ0) is 10.7. The summed E-state index contributed by atoms with van der Waals surface area (Å²) >= 11 is 0. The Morgan fingerprint density at radius 1 is 1.47 bits per heavy atom. The SMILES string of the molecule is Cc1nc2ccc(C=CCCO)cc2[nH]1. The van der Waals surface area contributed by atoms with Crippen LogP contribution in [0.5, 0.6) is 0 Å². The molecular formula is C12H14N2O. The van der Waals surface area contributed by atoms with Crippen LogP contribution in [0.3, 0.4) is 0 Å². The molecule has 3 heteroatoms. The van der Waals surface area contributed by atoms with Crippen molar-refractivity contribution in [2.75, 3.05) is 6.61 Å². The Labute approximate surface area is 88.5 Å². The van der Waals surface area contributed by atoms with Crippen molar-refractivity contribution >= 4 is 17.1 Å². The first kappa shape index (κ1) is 9.93. The lowest BCUT2D eigenvalue weighted by molar-refractivity contribution is 0.303. The quantitative estimate of drug-likeness (QED) is 0.802. The highest BCUT2D eigenvalue weighted by Crippen LogP contribution is 2.14. The third-order valence-electron chi connectivity index (χ3n) is 2.23. The zero-order valence-electron chi connectivity index (χ0n) is 8.70. The molecule has 0 unspecified atom stereocenters. The molecule has 0 aliphatic carbocycles. The Hall–Kier alpha value is -1.61. The van der Waals surface area contributed by atoms with Gasteiger partial charge in [-0.15, -0.1) is 0 Å². The summed E-state index contributed by atoms with van der Waals surface area (Å²) in [6, 6.07) is 6.08. The number of aromatic nitrogens is 2. The second kappa shape index (κ2) is 4.28. The molecule has 1 aromatic heterocycles. The number of nitrogens with one attached hydrogen (secondary N) is 1. The molecule has 0 aliphatic rings. The van der Waals surface area contributed by atoms with Crippen molar-refractivity contribution in [2.45, 2.75) is 13.3 Å². The molecule has 1 aromatic carbocycles. The van der Waals surface area contributed by atoms with Crippen molar-refractivity contribution in [3.05, 3.63) is 35.7 Å². The molecule has 0 spiro atoms. The minimum Gasteiger partial charge on any atom is -0.396 e. The average molecular weight is 202 g/mol. The number of fused-ring (bicyclic) bond motifs is 1. The molecule has 2 N–H and O–H groups in total. The van der Waals surface area contributed by atoms with Crippen LogP contribution in [-0.4, -0.2) is 21.7 Å². The van der Waals surface area contributed by atoms with Gasteiger partial charge in [0, 0.05) is 6.61 Å².